The summed E-state index contributed by atoms with van der Waals surface area (Å²) in [6.07, 6.45) is 9.12. The topological polar surface area (TPSA) is 72.2 Å². The molecule has 1 fully saturated rings. The van der Waals surface area contributed by atoms with Gasteiger partial charge in [-0.3, -0.25) is 9.52 Å². The summed E-state index contributed by atoms with van der Waals surface area (Å²) >= 11 is 1.57. The largest absolute Gasteiger partial charge is 0.358 e. The minimum absolute atomic E-state index is 0.00838. The van der Waals surface area contributed by atoms with Crippen LogP contribution in [-0.2, 0) is 24.1 Å². The monoisotopic (exact) mass is 451 g/mol. The number of hydrogen-bond acceptors (Lipinski definition) is 5. The third kappa shape index (κ3) is 4.53. The highest BCUT2D eigenvalue weighted by molar-refractivity contribution is 7.97. The molecule has 0 unspecified atom stereocenters. The molecule has 0 saturated carbocycles. The number of hydrogen-bond donors (Lipinski definition) is 4. The Labute approximate surface area is 194 Å². The highest BCUT2D eigenvalue weighted by Crippen LogP contribution is 2.37. The molecule has 4 N–H and O–H groups in total. The van der Waals surface area contributed by atoms with Gasteiger partial charge in [0, 0.05) is 53.7 Å². The summed E-state index contributed by atoms with van der Waals surface area (Å²) in [6.45, 7) is 5.63. The smallest absolute Gasteiger partial charge is 0.256 e. The first-order chi connectivity index (χ1) is 15.7. The number of benzene rings is 1. The van der Waals surface area contributed by atoms with Crippen molar-refractivity contribution in [3.05, 3.63) is 46.3 Å². The molecule has 7 heteroatoms. The maximum Gasteiger partial charge on any atom is 0.256 e. The number of rotatable bonds is 7. The van der Waals surface area contributed by atoms with E-state index in [1.807, 2.05) is 19.2 Å². The Morgan fingerprint density at radius 1 is 1.19 bits per heavy atom. The van der Waals surface area contributed by atoms with Gasteiger partial charge in [-0.2, -0.15) is 0 Å². The van der Waals surface area contributed by atoms with Crippen molar-refractivity contribution in [1.82, 2.24) is 19.9 Å². The van der Waals surface area contributed by atoms with Crippen LogP contribution in [0.3, 0.4) is 0 Å². The summed E-state index contributed by atoms with van der Waals surface area (Å²) in [5.74, 6) is -0.00838. The molecule has 1 saturated heterocycles. The number of aromatic amines is 1. The third-order valence-electron chi connectivity index (χ3n) is 6.84. The van der Waals surface area contributed by atoms with Crippen molar-refractivity contribution in [3.63, 3.8) is 0 Å². The second-order valence-electron chi connectivity index (χ2n) is 8.90. The summed E-state index contributed by atoms with van der Waals surface area (Å²) in [4.78, 5) is 20.2. The van der Waals surface area contributed by atoms with Gasteiger partial charge in [0.15, 0.2) is 0 Å². The van der Waals surface area contributed by atoms with Gasteiger partial charge in [-0.1, -0.05) is 0 Å². The molecule has 0 radical (unpaired) electrons. The first kappa shape index (κ1) is 21.8. The summed E-state index contributed by atoms with van der Waals surface area (Å²) in [6, 6.07) is 6.15. The minimum atomic E-state index is -0.00838. The molecule has 5 rings (SSSR count). The van der Waals surface area contributed by atoms with Gasteiger partial charge in [-0.15, -0.1) is 0 Å². The molecule has 0 atom stereocenters. The lowest BCUT2D eigenvalue weighted by molar-refractivity contribution is -0.110. The van der Waals surface area contributed by atoms with E-state index < -0.39 is 0 Å². The van der Waals surface area contributed by atoms with Gasteiger partial charge >= 0.3 is 0 Å². The molecule has 1 aromatic carbocycles. The molecule has 2 aromatic rings. The summed E-state index contributed by atoms with van der Waals surface area (Å²) in [7, 11) is 1.91. The SMILES string of the molecule is CNSc1ccc2c(c1)/C(=C/c1[nH]c3c(c1CCCN1CCNCC1)CCCC3)C(=O)N2. The Bertz CT molecular complexity index is 1020. The fourth-order valence-corrected chi connectivity index (χ4v) is 5.78. The number of carbonyl (C=O) groups is 1. The van der Waals surface area contributed by atoms with Crippen LogP contribution in [-0.4, -0.2) is 55.6 Å². The fraction of sp³-hybridized carbons (Fsp3) is 0.480. The Morgan fingerprint density at radius 2 is 2.03 bits per heavy atom. The highest BCUT2D eigenvalue weighted by atomic mass is 32.2. The van der Waals surface area contributed by atoms with Crippen LogP contribution in [0, 0.1) is 0 Å². The quantitative estimate of drug-likeness (QED) is 0.383. The van der Waals surface area contributed by atoms with E-state index in [-0.39, 0.29) is 5.91 Å². The molecule has 32 heavy (non-hydrogen) atoms. The van der Waals surface area contributed by atoms with Gasteiger partial charge in [-0.05, 0) is 99.5 Å². The maximum absolute atomic E-state index is 12.9. The Morgan fingerprint density at radius 3 is 2.88 bits per heavy atom. The molecule has 3 aliphatic rings. The number of H-pyrrole nitrogens is 1. The number of piperazine rings is 1. The molecule has 170 valence electrons. The molecule has 0 spiro atoms. The number of anilines is 1. The standard InChI is InChI=1S/C25H33N5OS/c1-26-32-17-8-9-23-20(15-17)21(25(31)29-23)16-24-19(18-5-2-3-7-22(18)28-24)6-4-12-30-13-10-27-11-14-30/h8-9,15-16,26-28H,2-7,10-14H2,1H3,(H,29,31)/b21-16-. The average molecular weight is 452 g/mol. The van der Waals surface area contributed by atoms with E-state index in [1.54, 1.807) is 11.9 Å². The van der Waals surface area contributed by atoms with Crippen molar-refractivity contribution in [2.75, 3.05) is 45.1 Å². The number of aryl methyl sites for hydroxylation is 1. The number of fused-ring (bicyclic) bond motifs is 2. The number of carbonyl (C=O) groups excluding carboxylic acids is 1. The minimum Gasteiger partial charge on any atom is -0.358 e. The van der Waals surface area contributed by atoms with Crippen molar-refractivity contribution in [1.29, 1.82) is 0 Å². The van der Waals surface area contributed by atoms with Crippen molar-refractivity contribution < 1.29 is 4.79 Å². The molecule has 2 aliphatic heterocycles. The van der Waals surface area contributed by atoms with E-state index in [0.29, 0.717) is 0 Å². The lowest BCUT2D eigenvalue weighted by atomic mass is 9.92. The molecule has 1 aromatic heterocycles. The molecule has 0 bridgehead atoms. The van der Waals surface area contributed by atoms with Crippen LogP contribution < -0.4 is 15.4 Å². The van der Waals surface area contributed by atoms with Crippen LogP contribution in [0.4, 0.5) is 5.69 Å². The van der Waals surface area contributed by atoms with Crippen LogP contribution in [0.25, 0.3) is 11.6 Å². The first-order valence-electron chi connectivity index (χ1n) is 11.9. The lowest BCUT2D eigenvalue weighted by Gasteiger charge is -2.27. The predicted octanol–water partition coefficient (Wildman–Crippen LogP) is 3.45. The zero-order chi connectivity index (χ0) is 21.9. The summed E-state index contributed by atoms with van der Waals surface area (Å²) in [5.41, 5.74) is 8.14. The molecule has 1 aliphatic carbocycles. The lowest BCUT2D eigenvalue weighted by Crippen LogP contribution is -2.43. The second kappa shape index (κ2) is 9.83. The number of nitrogens with zero attached hydrogens (tertiary/aromatic N) is 1. The van der Waals surface area contributed by atoms with E-state index >= 15 is 0 Å². The molecule has 1 amide bonds. The second-order valence-corrected chi connectivity index (χ2v) is 9.99. The van der Waals surface area contributed by atoms with E-state index in [0.717, 1.165) is 85.8 Å². The zero-order valence-electron chi connectivity index (χ0n) is 18.9. The fourth-order valence-electron chi connectivity index (χ4n) is 5.24. The Hall–Kier alpha value is -2.06. The van der Waals surface area contributed by atoms with Crippen LogP contribution in [0.15, 0.2) is 23.1 Å². The zero-order valence-corrected chi connectivity index (χ0v) is 19.7. The van der Waals surface area contributed by atoms with E-state index in [4.69, 9.17) is 0 Å². The van der Waals surface area contributed by atoms with Gasteiger partial charge in [0.05, 0.1) is 5.57 Å². The van der Waals surface area contributed by atoms with Crippen LogP contribution in [0.2, 0.25) is 0 Å². The van der Waals surface area contributed by atoms with Crippen molar-refractivity contribution in [2.45, 2.75) is 43.4 Å². The molecular weight excluding hydrogens is 418 g/mol. The average Bonchev–Trinajstić information content (AvgIpc) is 3.32. The van der Waals surface area contributed by atoms with Gasteiger partial charge in [0.25, 0.3) is 5.91 Å². The Balaban J connectivity index is 1.43. The molecular formula is C25H33N5OS. The highest BCUT2D eigenvalue weighted by Gasteiger charge is 2.26. The van der Waals surface area contributed by atoms with Crippen molar-refractivity contribution in [2.24, 2.45) is 0 Å². The van der Waals surface area contributed by atoms with Crippen LogP contribution in [0.5, 0.6) is 0 Å². The summed E-state index contributed by atoms with van der Waals surface area (Å²) < 4.78 is 3.12. The summed E-state index contributed by atoms with van der Waals surface area (Å²) in [5, 5.41) is 6.48. The third-order valence-corrected chi connectivity index (χ3v) is 7.53. The van der Waals surface area contributed by atoms with E-state index in [1.165, 1.54) is 29.7 Å². The van der Waals surface area contributed by atoms with Crippen molar-refractivity contribution >= 4 is 35.2 Å². The van der Waals surface area contributed by atoms with Gasteiger partial charge in [0.1, 0.15) is 0 Å². The van der Waals surface area contributed by atoms with E-state index in [9.17, 15) is 4.79 Å². The molecule has 6 nitrogen and oxygen atoms in total. The number of nitrogens with one attached hydrogen (secondary N) is 4. The predicted molar refractivity (Wildman–Crippen MR) is 133 cm³/mol. The van der Waals surface area contributed by atoms with E-state index in [2.05, 4.69) is 37.4 Å². The van der Waals surface area contributed by atoms with Gasteiger partial charge in [0.2, 0.25) is 0 Å². The number of aromatic nitrogens is 1. The van der Waals surface area contributed by atoms with Crippen LogP contribution in [0.1, 0.15) is 47.3 Å². The van der Waals surface area contributed by atoms with Crippen molar-refractivity contribution in [3.8, 4) is 0 Å². The Kier molecular flexibility index (Phi) is 6.69. The number of amides is 1. The first-order valence-corrected chi connectivity index (χ1v) is 12.7. The van der Waals surface area contributed by atoms with Crippen LogP contribution >= 0.6 is 11.9 Å². The molecule has 3 heterocycles. The van der Waals surface area contributed by atoms with Gasteiger partial charge in [-0.25, -0.2) is 0 Å². The normalized spacial score (nSPS) is 19.8. The van der Waals surface area contributed by atoms with Gasteiger partial charge < -0.3 is 20.5 Å². The maximum atomic E-state index is 12.9.